The first-order chi connectivity index (χ1) is 9.63. The van der Waals surface area contributed by atoms with Crippen molar-refractivity contribution >= 4 is 49.4 Å². The molecular formula is C15H16BrN3S. The normalized spacial score (nSPS) is 18.6. The van der Waals surface area contributed by atoms with Crippen LogP contribution >= 0.6 is 27.7 Å². The fourth-order valence-corrected chi connectivity index (χ4v) is 3.53. The van der Waals surface area contributed by atoms with Crippen LogP contribution in [0.4, 0.5) is 5.69 Å². The quantitative estimate of drug-likeness (QED) is 0.864. The Morgan fingerprint density at radius 3 is 3.00 bits per heavy atom. The second kappa shape index (κ2) is 5.74. The molecule has 1 unspecified atom stereocenters. The summed E-state index contributed by atoms with van der Waals surface area (Å²) in [6.45, 7) is 5.38. The Kier molecular flexibility index (Phi) is 3.98. The number of nitrogens with one attached hydrogen (secondary N) is 1. The smallest absolute Gasteiger partial charge is 0.161 e. The van der Waals surface area contributed by atoms with Gasteiger partial charge in [0.05, 0.1) is 17.7 Å². The minimum Gasteiger partial charge on any atom is -0.333 e. The van der Waals surface area contributed by atoms with Crippen molar-refractivity contribution in [3.05, 3.63) is 34.9 Å². The van der Waals surface area contributed by atoms with Gasteiger partial charge in [0.15, 0.2) is 5.17 Å². The number of nitrogens with zero attached hydrogens (tertiary/aromatic N) is 2. The second-order valence-electron chi connectivity index (χ2n) is 5.20. The van der Waals surface area contributed by atoms with Crippen LogP contribution in [0.2, 0.25) is 0 Å². The van der Waals surface area contributed by atoms with Crippen LogP contribution in [0.15, 0.2) is 39.9 Å². The molecule has 1 aromatic heterocycles. The summed E-state index contributed by atoms with van der Waals surface area (Å²) in [5, 5.41) is 6.12. The molecule has 2 aromatic rings. The van der Waals surface area contributed by atoms with Crippen LogP contribution in [0, 0.1) is 5.92 Å². The van der Waals surface area contributed by atoms with Crippen LogP contribution in [0.25, 0.3) is 10.9 Å². The Morgan fingerprint density at radius 1 is 1.40 bits per heavy atom. The summed E-state index contributed by atoms with van der Waals surface area (Å²) in [5.74, 6) is 0.643. The molecule has 0 aliphatic carbocycles. The molecule has 104 valence electrons. The molecule has 1 aromatic carbocycles. The van der Waals surface area contributed by atoms with Gasteiger partial charge in [-0.05, 0) is 34.0 Å². The third-order valence-corrected chi connectivity index (χ3v) is 5.22. The summed E-state index contributed by atoms with van der Waals surface area (Å²) >= 11 is 5.29. The minimum atomic E-state index is 0.578. The molecule has 5 heteroatoms. The Hall–Kier alpha value is -1.07. The van der Waals surface area contributed by atoms with Crippen molar-refractivity contribution in [1.82, 2.24) is 4.98 Å². The van der Waals surface area contributed by atoms with E-state index in [0.29, 0.717) is 11.2 Å². The molecule has 1 atom stereocenters. The molecule has 0 amide bonds. The molecule has 1 N–H and O–H groups in total. The second-order valence-corrected chi connectivity index (χ2v) is 7.35. The third-order valence-electron chi connectivity index (χ3n) is 3.34. The number of halogens is 1. The van der Waals surface area contributed by atoms with E-state index in [2.05, 4.69) is 63.3 Å². The highest BCUT2D eigenvalue weighted by Gasteiger charge is 2.22. The van der Waals surface area contributed by atoms with Crippen LogP contribution < -0.4 is 5.32 Å². The molecule has 1 aliphatic heterocycles. The van der Waals surface area contributed by atoms with E-state index in [9.17, 15) is 0 Å². The van der Waals surface area contributed by atoms with Gasteiger partial charge in [-0.15, -0.1) is 0 Å². The van der Waals surface area contributed by atoms with Gasteiger partial charge in [0, 0.05) is 21.3 Å². The standard InChI is InChI=1S/C15H16BrN3S/c1-9(2)13-8-18-15(20-13)19-12-5-3-4-10-6-11(16)7-17-14(10)12/h3-7,9,13H,8H2,1-2H3,(H,18,19). The topological polar surface area (TPSA) is 37.3 Å². The lowest BCUT2D eigenvalue weighted by Gasteiger charge is -2.13. The van der Waals surface area contributed by atoms with Crippen molar-refractivity contribution in [2.45, 2.75) is 19.1 Å². The van der Waals surface area contributed by atoms with Crippen LogP contribution in [0.5, 0.6) is 0 Å². The highest BCUT2D eigenvalue weighted by atomic mass is 79.9. The van der Waals surface area contributed by atoms with E-state index in [1.165, 1.54) is 0 Å². The van der Waals surface area contributed by atoms with Crippen LogP contribution in [0.1, 0.15) is 13.8 Å². The first-order valence-electron chi connectivity index (χ1n) is 6.66. The number of hydrogen-bond acceptors (Lipinski definition) is 4. The van der Waals surface area contributed by atoms with Crippen molar-refractivity contribution in [3.63, 3.8) is 0 Å². The van der Waals surface area contributed by atoms with Gasteiger partial charge >= 0.3 is 0 Å². The van der Waals surface area contributed by atoms with Crippen molar-refractivity contribution in [2.75, 3.05) is 11.9 Å². The molecule has 0 spiro atoms. The number of pyridine rings is 1. The van der Waals surface area contributed by atoms with Crippen molar-refractivity contribution < 1.29 is 0 Å². The average Bonchev–Trinajstić information content (AvgIpc) is 2.87. The predicted octanol–water partition coefficient (Wildman–Crippen LogP) is 4.54. The fraction of sp³-hybridized carbons (Fsp3) is 0.333. The summed E-state index contributed by atoms with van der Waals surface area (Å²) in [6, 6.07) is 8.24. The Bertz CT molecular complexity index is 669. The number of rotatable bonds is 2. The number of aliphatic imine (C=N–C) groups is 1. The van der Waals surface area contributed by atoms with E-state index in [-0.39, 0.29) is 0 Å². The lowest BCUT2D eigenvalue weighted by atomic mass is 10.1. The number of aromatic nitrogens is 1. The number of fused-ring (bicyclic) bond motifs is 1. The number of amidine groups is 1. The van der Waals surface area contributed by atoms with Gasteiger partial charge in [0.2, 0.25) is 0 Å². The zero-order valence-corrected chi connectivity index (χ0v) is 13.8. The van der Waals surface area contributed by atoms with E-state index >= 15 is 0 Å². The Labute approximate surface area is 131 Å². The molecule has 3 nitrogen and oxygen atoms in total. The highest BCUT2D eigenvalue weighted by molar-refractivity contribution is 9.10. The van der Waals surface area contributed by atoms with Gasteiger partial charge < -0.3 is 5.32 Å². The highest BCUT2D eigenvalue weighted by Crippen LogP contribution is 2.30. The number of thioether (sulfide) groups is 1. The van der Waals surface area contributed by atoms with E-state index < -0.39 is 0 Å². The van der Waals surface area contributed by atoms with Gasteiger partial charge in [-0.25, -0.2) is 0 Å². The Morgan fingerprint density at radius 2 is 2.25 bits per heavy atom. The summed E-state index contributed by atoms with van der Waals surface area (Å²) in [4.78, 5) is 9.09. The SMILES string of the molecule is CC(C)C1CN=C(Nc2cccc3cc(Br)cnc23)S1. The van der Waals surface area contributed by atoms with Gasteiger partial charge in [-0.1, -0.05) is 37.7 Å². The van der Waals surface area contributed by atoms with Gasteiger partial charge in [-0.3, -0.25) is 9.98 Å². The van der Waals surface area contributed by atoms with Crippen molar-refractivity contribution in [3.8, 4) is 0 Å². The summed E-state index contributed by atoms with van der Waals surface area (Å²) in [7, 11) is 0. The molecule has 0 fully saturated rings. The van der Waals surface area contributed by atoms with Gasteiger partial charge in [0.1, 0.15) is 0 Å². The molecule has 0 bridgehead atoms. The number of hydrogen-bond donors (Lipinski definition) is 1. The van der Waals surface area contributed by atoms with Crippen molar-refractivity contribution in [1.29, 1.82) is 0 Å². The fourth-order valence-electron chi connectivity index (χ4n) is 2.16. The monoisotopic (exact) mass is 349 g/mol. The molecule has 0 saturated carbocycles. The predicted molar refractivity (Wildman–Crippen MR) is 91.6 cm³/mol. The molecule has 20 heavy (non-hydrogen) atoms. The maximum atomic E-state index is 4.59. The van der Waals surface area contributed by atoms with Gasteiger partial charge in [0.25, 0.3) is 0 Å². The summed E-state index contributed by atoms with van der Waals surface area (Å²) < 4.78 is 0.995. The third kappa shape index (κ3) is 2.83. The Balaban J connectivity index is 1.85. The van der Waals surface area contributed by atoms with Crippen LogP contribution in [-0.4, -0.2) is 21.9 Å². The lowest BCUT2D eigenvalue weighted by molar-refractivity contribution is 0.621. The average molecular weight is 350 g/mol. The van der Waals surface area contributed by atoms with E-state index in [1.54, 1.807) is 0 Å². The van der Waals surface area contributed by atoms with Gasteiger partial charge in [-0.2, -0.15) is 0 Å². The molecular weight excluding hydrogens is 334 g/mol. The molecule has 1 aliphatic rings. The summed E-state index contributed by atoms with van der Waals surface area (Å²) in [6.07, 6.45) is 1.83. The van der Waals surface area contributed by atoms with Crippen LogP contribution in [0.3, 0.4) is 0 Å². The maximum absolute atomic E-state index is 4.59. The minimum absolute atomic E-state index is 0.578. The van der Waals surface area contributed by atoms with Crippen molar-refractivity contribution in [2.24, 2.45) is 10.9 Å². The molecule has 2 heterocycles. The molecule has 3 rings (SSSR count). The van der Waals surface area contributed by atoms with E-state index in [1.807, 2.05) is 24.0 Å². The van der Waals surface area contributed by atoms with E-state index in [4.69, 9.17) is 0 Å². The molecule has 0 saturated heterocycles. The number of benzene rings is 1. The van der Waals surface area contributed by atoms with E-state index in [0.717, 1.165) is 32.8 Å². The first-order valence-corrected chi connectivity index (χ1v) is 8.33. The maximum Gasteiger partial charge on any atom is 0.161 e. The number of para-hydroxylation sites is 1. The zero-order valence-electron chi connectivity index (χ0n) is 11.4. The zero-order chi connectivity index (χ0) is 14.1. The number of anilines is 1. The van der Waals surface area contributed by atoms with Crippen LogP contribution in [-0.2, 0) is 0 Å². The molecule has 0 radical (unpaired) electrons. The lowest BCUT2D eigenvalue weighted by Crippen LogP contribution is -2.13. The first kappa shape index (κ1) is 13.9. The largest absolute Gasteiger partial charge is 0.333 e. The summed E-state index contributed by atoms with van der Waals surface area (Å²) in [5.41, 5.74) is 2.00.